The minimum Gasteiger partial charge on any atom is -0.507 e. The van der Waals surface area contributed by atoms with E-state index in [0.717, 1.165) is 0 Å². The van der Waals surface area contributed by atoms with E-state index in [1.54, 1.807) is 13.0 Å². The van der Waals surface area contributed by atoms with Gasteiger partial charge in [0.05, 0.1) is 21.5 Å². The zero-order valence-electron chi connectivity index (χ0n) is 14.8. The number of hydrogen-bond donors (Lipinski definition) is 3. The number of hydrogen-bond acceptors (Lipinski definition) is 4. The molecule has 0 bridgehead atoms. The van der Waals surface area contributed by atoms with E-state index in [1.165, 1.54) is 18.2 Å². The monoisotopic (exact) mass is 394 g/mol. The average molecular weight is 395 g/mol. The van der Waals surface area contributed by atoms with Gasteiger partial charge in [-0.2, -0.15) is 8.42 Å². The number of aromatic amines is 1. The van der Waals surface area contributed by atoms with Gasteiger partial charge in [0.1, 0.15) is 11.6 Å². The van der Waals surface area contributed by atoms with Crippen LogP contribution in [-0.4, -0.2) is 28.0 Å². The van der Waals surface area contributed by atoms with Crippen LogP contribution in [0.3, 0.4) is 0 Å². The fourth-order valence-electron chi connectivity index (χ4n) is 2.86. The molecular weight excluding hydrogens is 376 g/mol. The smallest absolute Gasteiger partial charge is 0.294 e. The van der Waals surface area contributed by atoms with Gasteiger partial charge in [-0.3, -0.25) is 4.55 Å². The van der Waals surface area contributed by atoms with E-state index >= 15 is 0 Å². The van der Waals surface area contributed by atoms with Crippen LogP contribution in [-0.2, 0) is 15.5 Å². The largest absolute Gasteiger partial charge is 0.507 e. The van der Waals surface area contributed by atoms with Gasteiger partial charge in [0, 0.05) is 10.6 Å². The minimum atomic E-state index is -4.32. The molecule has 0 fully saturated rings. The van der Waals surface area contributed by atoms with Gasteiger partial charge in [-0.1, -0.05) is 32.4 Å². The van der Waals surface area contributed by atoms with Crippen LogP contribution >= 0.6 is 11.6 Å². The molecule has 0 aliphatic carbocycles. The van der Waals surface area contributed by atoms with Gasteiger partial charge < -0.3 is 10.1 Å². The molecule has 0 radical (unpaired) electrons. The topological polar surface area (TPSA) is 103 Å². The van der Waals surface area contributed by atoms with Crippen LogP contribution in [0.1, 0.15) is 31.9 Å². The zero-order valence-corrected chi connectivity index (χ0v) is 16.3. The molecule has 1 heterocycles. The molecule has 138 valence electrons. The van der Waals surface area contributed by atoms with E-state index in [2.05, 4.69) is 9.97 Å². The molecule has 6 nitrogen and oxygen atoms in total. The molecule has 3 N–H and O–H groups in total. The summed E-state index contributed by atoms with van der Waals surface area (Å²) in [7, 11) is -4.32. The van der Waals surface area contributed by atoms with Crippen molar-refractivity contribution in [2.45, 2.75) is 38.0 Å². The fraction of sp³-hybridized carbons (Fsp3) is 0.278. The summed E-state index contributed by atoms with van der Waals surface area (Å²) in [5, 5.41) is 11.3. The lowest BCUT2D eigenvalue weighted by molar-refractivity contribution is 0.448. The first-order chi connectivity index (χ1) is 11.9. The standard InChI is InChI=1S/C18H19ClN2O4S/c1-9-12(19)8-11(18(2,3)4)16(22)15(9)17-20-13-6-5-10(26(23,24)25)7-14(13)21-17/h5-8,22H,1-4H3,(H,20,21)(H,23,24,25). The SMILES string of the molecule is Cc1c(Cl)cc(C(C)(C)C)c(O)c1-c1nc2ccc(S(=O)(=O)O)cc2[nH]1. The molecule has 0 aliphatic rings. The maximum atomic E-state index is 11.3. The number of benzene rings is 2. The number of nitrogens with zero attached hydrogens (tertiary/aromatic N) is 1. The Hall–Kier alpha value is -2.09. The summed E-state index contributed by atoms with van der Waals surface area (Å²) in [5.74, 6) is 0.448. The lowest BCUT2D eigenvalue weighted by Crippen LogP contribution is -2.12. The maximum absolute atomic E-state index is 11.3. The van der Waals surface area contributed by atoms with Crippen LogP contribution in [0.25, 0.3) is 22.4 Å². The summed E-state index contributed by atoms with van der Waals surface area (Å²) >= 11 is 6.37. The summed E-state index contributed by atoms with van der Waals surface area (Å²) < 4.78 is 31.9. The van der Waals surface area contributed by atoms with E-state index < -0.39 is 10.1 Å². The van der Waals surface area contributed by atoms with Crippen molar-refractivity contribution < 1.29 is 18.1 Å². The van der Waals surface area contributed by atoms with Crippen molar-refractivity contribution in [1.82, 2.24) is 9.97 Å². The molecular formula is C18H19ClN2O4S. The molecule has 2 aromatic carbocycles. The molecule has 26 heavy (non-hydrogen) atoms. The fourth-order valence-corrected chi connectivity index (χ4v) is 3.57. The highest BCUT2D eigenvalue weighted by Gasteiger charge is 2.25. The summed E-state index contributed by atoms with van der Waals surface area (Å²) in [6, 6.07) is 5.80. The molecule has 1 aromatic heterocycles. The van der Waals surface area contributed by atoms with Crippen molar-refractivity contribution in [3.05, 3.63) is 40.4 Å². The van der Waals surface area contributed by atoms with Gasteiger partial charge in [0.15, 0.2) is 0 Å². The third-order valence-electron chi connectivity index (χ3n) is 4.29. The molecule has 3 rings (SSSR count). The van der Waals surface area contributed by atoms with Crippen LogP contribution < -0.4 is 0 Å². The Morgan fingerprint density at radius 2 is 1.85 bits per heavy atom. The summed E-state index contributed by atoms with van der Waals surface area (Å²) in [6.07, 6.45) is 0. The Labute approximate surface area is 156 Å². The summed E-state index contributed by atoms with van der Waals surface area (Å²) in [4.78, 5) is 7.21. The highest BCUT2D eigenvalue weighted by Crippen LogP contribution is 2.43. The Bertz CT molecular complexity index is 1130. The number of nitrogens with one attached hydrogen (secondary N) is 1. The van der Waals surface area contributed by atoms with Crippen LogP contribution in [0.15, 0.2) is 29.2 Å². The van der Waals surface area contributed by atoms with Crippen molar-refractivity contribution in [1.29, 1.82) is 0 Å². The molecule has 0 unspecified atom stereocenters. The molecule has 3 aromatic rings. The van der Waals surface area contributed by atoms with Crippen molar-refractivity contribution >= 4 is 32.8 Å². The molecule has 8 heteroatoms. The first-order valence-corrected chi connectivity index (χ1v) is 9.71. The van der Waals surface area contributed by atoms with Gasteiger partial charge >= 0.3 is 0 Å². The predicted octanol–water partition coefficient (Wildman–Crippen LogP) is 4.44. The van der Waals surface area contributed by atoms with Crippen molar-refractivity contribution in [2.75, 3.05) is 0 Å². The van der Waals surface area contributed by atoms with Gasteiger partial charge in [0.25, 0.3) is 10.1 Å². The Balaban J connectivity index is 2.28. The van der Waals surface area contributed by atoms with Crippen LogP contribution in [0, 0.1) is 6.92 Å². The molecule has 0 aliphatic heterocycles. The van der Waals surface area contributed by atoms with E-state index in [4.69, 9.17) is 11.6 Å². The number of phenols is 1. The summed E-state index contributed by atoms with van der Waals surface area (Å²) in [6.45, 7) is 7.68. The Kier molecular flexibility index (Phi) is 4.29. The Morgan fingerprint density at radius 1 is 1.19 bits per heavy atom. The number of fused-ring (bicyclic) bond motifs is 1. The molecule has 0 atom stereocenters. The number of halogens is 1. The zero-order chi connectivity index (χ0) is 19.4. The van der Waals surface area contributed by atoms with Gasteiger partial charge in [-0.05, 0) is 42.2 Å². The molecule has 0 saturated heterocycles. The number of phenolic OH excluding ortho intramolecular Hbond substituents is 1. The molecule has 0 spiro atoms. The highest BCUT2D eigenvalue weighted by atomic mass is 35.5. The van der Waals surface area contributed by atoms with Gasteiger partial charge in [-0.25, -0.2) is 4.98 Å². The van der Waals surface area contributed by atoms with Crippen molar-refractivity contribution in [2.24, 2.45) is 0 Å². The average Bonchev–Trinajstić information content (AvgIpc) is 2.91. The third-order valence-corrected chi connectivity index (χ3v) is 5.53. The predicted molar refractivity (Wildman–Crippen MR) is 101 cm³/mol. The lowest BCUT2D eigenvalue weighted by Gasteiger charge is -2.23. The van der Waals surface area contributed by atoms with E-state index in [0.29, 0.717) is 38.6 Å². The number of aromatic hydroxyl groups is 1. The molecule has 0 amide bonds. The van der Waals surface area contributed by atoms with E-state index in [9.17, 15) is 18.1 Å². The normalized spacial score (nSPS) is 12.7. The van der Waals surface area contributed by atoms with Gasteiger partial charge in [0.2, 0.25) is 0 Å². The lowest BCUT2D eigenvalue weighted by atomic mass is 9.84. The van der Waals surface area contributed by atoms with Crippen LogP contribution in [0.4, 0.5) is 0 Å². The van der Waals surface area contributed by atoms with Crippen molar-refractivity contribution in [3.63, 3.8) is 0 Å². The number of H-pyrrole nitrogens is 1. The minimum absolute atomic E-state index is 0.0773. The van der Waals surface area contributed by atoms with Gasteiger partial charge in [-0.15, -0.1) is 0 Å². The number of imidazole rings is 1. The van der Waals surface area contributed by atoms with Crippen LogP contribution in [0.2, 0.25) is 5.02 Å². The van der Waals surface area contributed by atoms with E-state index in [1.807, 2.05) is 20.8 Å². The summed E-state index contributed by atoms with van der Waals surface area (Å²) in [5.41, 5.74) is 2.40. The number of aromatic nitrogens is 2. The molecule has 0 saturated carbocycles. The third kappa shape index (κ3) is 3.18. The second-order valence-corrected chi connectivity index (χ2v) is 9.07. The highest BCUT2D eigenvalue weighted by molar-refractivity contribution is 7.85. The second-order valence-electron chi connectivity index (χ2n) is 7.24. The Morgan fingerprint density at radius 3 is 2.42 bits per heavy atom. The number of rotatable bonds is 2. The van der Waals surface area contributed by atoms with Crippen LogP contribution in [0.5, 0.6) is 5.75 Å². The van der Waals surface area contributed by atoms with Crippen molar-refractivity contribution in [3.8, 4) is 17.1 Å². The first-order valence-electron chi connectivity index (χ1n) is 7.90. The first kappa shape index (κ1) is 18.7. The quantitative estimate of drug-likeness (QED) is 0.557. The second kappa shape index (κ2) is 5.97. The maximum Gasteiger partial charge on any atom is 0.294 e. The van der Waals surface area contributed by atoms with E-state index in [-0.39, 0.29) is 16.1 Å².